The molecule has 0 aromatic heterocycles. The maximum atomic E-state index is 13.8. The van der Waals surface area contributed by atoms with Gasteiger partial charge >= 0.3 is 0 Å². The minimum Gasteiger partial charge on any atom is -0.493 e. The van der Waals surface area contributed by atoms with Crippen molar-refractivity contribution in [2.75, 3.05) is 41.9 Å². The zero-order chi connectivity index (χ0) is 20.5. The zero-order valence-electron chi connectivity index (χ0n) is 17.1. The van der Waals surface area contributed by atoms with E-state index in [1.807, 2.05) is 38.4 Å². The lowest BCUT2D eigenvalue weighted by molar-refractivity contribution is 0.295. The first-order valence-electron chi connectivity index (χ1n) is 9.06. The van der Waals surface area contributed by atoms with Crippen LogP contribution in [0.2, 0.25) is 0 Å². The van der Waals surface area contributed by atoms with Crippen LogP contribution in [0.5, 0.6) is 11.5 Å². The molecule has 0 aliphatic heterocycles. The number of methoxy groups -OCH3 is 2. The van der Waals surface area contributed by atoms with E-state index in [2.05, 4.69) is 20.5 Å². The lowest BCUT2D eigenvalue weighted by Gasteiger charge is -2.26. The van der Waals surface area contributed by atoms with E-state index in [4.69, 9.17) is 9.47 Å². The standard InChI is InChI=1S/C21H29FN4O2/c1-23-21(24-13-16-8-6-7-9-17(16)22)25-14-18(26(2)3)15-10-11-19(27-4)20(12-15)28-5/h6-12,18H,13-14H2,1-5H3,(H2,23,24,25). The topological polar surface area (TPSA) is 58.1 Å². The lowest BCUT2D eigenvalue weighted by Crippen LogP contribution is -2.41. The molecule has 0 spiro atoms. The average Bonchev–Trinajstić information content (AvgIpc) is 2.71. The highest BCUT2D eigenvalue weighted by Crippen LogP contribution is 2.31. The molecule has 0 aliphatic carbocycles. The third-order valence-electron chi connectivity index (χ3n) is 4.51. The Morgan fingerprint density at radius 1 is 1.07 bits per heavy atom. The molecular weight excluding hydrogens is 359 g/mol. The molecule has 1 unspecified atom stereocenters. The fourth-order valence-electron chi connectivity index (χ4n) is 2.89. The number of ether oxygens (including phenoxy) is 2. The van der Waals surface area contributed by atoms with Crippen molar-refractivity contribution in [3.8, 4) is 11.5 Å². The van der Waals surface area contributed by atoms with Crippen LogP contribution in [-0.4, -0.2) is 52.8 Å². The largest absolute Gasteiger partial charge is 0.493 e. The smallest absolute Gasteiger partial charge is 0.191 e. The van der Waals surface area contributed by atoms with Crippen molar-refractivity contribution in [1.29, 1.82) is 0 Å². The Morgan fingerprint density at radius 2 is 1.79 bits per heavy atom. The summed E-state index contributed by atoms with van der Waals surface area (Å²) in [5.74, 6) is 1.76. The van der Waals surface area contributed by atoms with Gasteiger partial charge in [-0.1, -0.05) is 24.3 Å². The van der Waals surface area contributed by atoms with Crippen LogP contribution in [-0.2, 0) is 6.54 Å². The molecule has 2 aromatic rings. The highest BCUT2D eigenvalue weighted by Gasteiger charge is 2.17. The van der Waals surface area contributed by atoms with Crippen molar-refractivity contribution in [1.82, 2.24) is 15.5 Å². The summed E-state index contributed by atoms with van der Waals surface area (Å²) in [5.41, 5.74) is 1.68. The van der Waals surface area contributed by atoms with E-state index in [0.29, 0.717) is 36.1 Å². The maximum Gasteiger partial charge on any atom is 0.191 e. The molecule has 0 heterocycles. The van der Waals surface area contributed by atoms with Gasteiger partial charge in [-0.3, -0.25) is 4.99 Å². The van der Waals surface area contributed by atoms with Crippen molar-refractivity contribution in [3.05, 3.63) is 59.4 Å². The van der Waals surface area contributed by atoms with Gasteiger partial charge in [-0.25, -0.2) is 4.39 Å². The van der Waals surface area contributed by atoms with E-state index in [1.54, 1.807) is 33.4 Å². The number of nitrogens with zero attached hydrogens (tertiary/aromatic N) is 2. The number of guanidine groups is 1. The Kier molecular flexibility index (Phi) is 8.07. The van der Waals surface area contributed by atoms with E-state index in [-0.39, 0.29) is 11.9 Å². The predicted octanol–water partition coefficient (Wildman–Crippen LogP) is 2.81. The number of aliphatic imine (C=N–C) groups is 1. The first-order valence-corrected chi connectivity index (χ1v) is 9.06. The van der Waals surface area contributed by atoms with Gasteiger partial charge < -0.3 is 25.0 Å². The fourth-order valence-corrected chi connectivity index (χ4v) is 2.89. The van der Waals surface area contributed by atoms with Crippen LogP contribution in [0.25, 0.3) is 0 Å². The number of benzene rings is 2. The van der Waals surface area contributed by atoms with Gasteiger partial charge in [-0.15, -0.1) is 0 Å². The number of rotatable bonds is 8. The molecule has 6 nitrogen and oxygen atoms in total. The molecule has 0 aliphatic rings. The highest BCUT2D eigenvalue weighted by molar-refractivity contribution is 5.79. The van der Waals surface area contributed by atoms with Crippen LogP contribution >= 0.6 is 0 Å². The SMILES string of the molecule is CN=C(NCc1ccccc1F)NCC(c1ccc(OC)c(OC)c1)N(C)C. The van der Waals surface area contributed by atoms with E-state index in [0.717, 1.165) is 5.56 Å². The third-order valence-corrected chi connectivity index (χ3v) is 4.51. The van der Waals surface area contributed by atoms with Crippen LogP contribution < -0.4 is 20.1 Å². The summed E-state index contributed by atoms with van der Waals surface area (Å²) in [7, 11) is 8.96. The second kappa shape index (κ2) is 10.5. The van der Waals surface area contributed by atoms with Crippen LogP contribution in [0.4, 0.5) is 4.39 Å². The first-order chi connectivity index (χ1) is 13.5. The molecule has 152 valence electrons. The molecule has 1 atom stereocenters. The van der Waals surface area contributed by atoms with Crippen LogP contribution in [0.3, 0.4) is 0 Å². The van der Waals surface area contributed by atoms with E-state index in [1.165, 1.54) is 6.07 Å². The Morgan fingerprint density at radius 3 is 2.39 bits per heavy atom. The highest BCUT2D eigenvalue weighted by atomic mass is 19.1. The van der Waals surface area contributed by atoms with E-state index < -0.39 is 0 Å². The second-order valence-corrected chi connectivity index (χ2v) is 6.49. The quantitative estimate of drug-likeness (QED) is 0.538. The summed E-state index contributed by atoms with van der Waals surface area (Å²) in [6.07, 6.45) is 0. The molecule has 2 aromatic carbocycles. The van der Waals surface area contributed by atoms with Gasteiger partial charge in [0, 0.05) is 25.7 Å². The first kappa shape index (κ1) is 21.5. The van der Waals surface area contributed by atoms with Crippen molar-refractivity contribution in [3.63, 3.8) is 0 Å². The van der Waals surface area contributed by atoms with Gasteiger partial charge in [0.2, 0.25) is 0 Å². The fraction of sp³-hybridized carbons (Fsp3) is 0.381. The third kappa shape index (κ3) is 5.60. The summed E-state index contributed by atoms with van der Waals surface area (Å²) in [5, 5.41) is 6.46. The molecule has 0 bridgehead atoms. The second-order valence-electron chi connectivity index (χ2n) is 6.49. The lowest BCUT2D eigenvalue weighted by atomic mass is 10.1. The van der Waals surface area contributed by atoms with E-state index >= 15 is 0 Å². The van der Waals surface area contributed by atoms with Crippen molar-refractivity contribution in [2.45, 2.75) is 12.6 Å². The molecule has 28 heavy (non-hydrogen) atoms. The summed E-state index contributed by atoms with van der Waals surface area (Å²) >= 11 is 0. The molecular formula is C21H29FN4O2. The van der Waals surface area contributed by atoms with Crippen LogP contribution in [0.1, 0.15) is 17.2 Å². The number of hydrogen-bond acceptors (Lipinski definition) is 4. The van der Waals surface area contributed by atoms with E-state index in [9.17, 15) is 4.39 Å². The molecule has 2 N–H and O–H groups in total. The molecule has 0 saturated carbocycles. The van der Waals surface area contributed by atoms with Gasteiger partial charge in [0.1, 0.15) is 5.82 Å². The molecule has 7 heteroatoms. The number of likely N-dealkylation sites (N-methyl/N-ethyl adjacent to an activating group) is 1. The maximum absolute atomic E-state index is 13.8. The predicted molar refractivity (Wildman–Crippen MR) is 111 cm³/mol. The summed E-state index contributed by atoms with van der Waals surface area (Å²) in [6, 6.07) is 12.7. The number of halogens is 1. The van der Waals surface area contributed by atoms with Crippen molar-refractivity contribution >= 4 is 5.96 Å². The summed E-state index contributed by atoms with van der Waals surface area (Å²) < 4.78 is 24.5. The number of hydrogen-bond donors (Lipinski definition) is 2. The molecule has 0 fully saturated rings. The summed E-state index contributed by atoms with van der Waals surface area (Å²) in [6.45, 7) is 0.967. The molecule has 0 amide bonds. The Bertz CT molecular complexity index is 796. The molecule has 0 radical (unpaired) electrons. The van der Waals surface area contributed by atoms with Crippen molar-refractivity contribution < 1.29 is 13.9 Å². The minimum atomic E-state index is -0.234. The Balaban J connectivity index is 2.04. The average molecular weight is 388 g/mol. The van der Waals surface area contributed by atoms with Gasteiger partial charge in [0.25, 0.3) is 0 Å². The van der Waals surface area contributed by atoms with Gasteiger partial charge in [0.05, 0.1) is 20.3 Å². The van der Waals surface area contributed by atoms with Crippen LogP contribution in [0.15, 0.2) is 47.5 Å². The minimum absolute atomic E-state index is 0.0758. The Labute approximate surface area is 166 Å². The molecule has 0 saturated heterocycles. The van der Waals surface area contributed by atoms with Crippen molar-refractivity contribution in [2.24, 2.45) is 4.99 Å². The number of nitrogens with one attached hydrogen (secondary N) is 2. The normalized spacial score (nSPS) is 12.6. The zero-order valence-corrected chi connectivity index (χ0v) is 17.1. The van der Waals surface area contributed by atoms with Crippen LogP contribution in [0, 0.1) is 5.82 Å². The molecule has 2 rings (SSSR count). The summed E-state index contributed by atoms with van der Waals surface area (Å²) in [4.78, 5) is 6.34. The van der Waals surface area contributed by atoms with Gasteiger partial charge in [0.15, 0.2) is 17.5 Å². The van der Waals surface area contributed by atoms with Gasteiger partial charge in [-0.05, 0) is 37.9 Å². The Hall–Kier alpha value is -2.80. The van der Waals surface area contributed by atoms with Gasteiger partial charge in [-0.2, -0.15) is 0 Å². The monoisotopic (exact) mass is 388 g/mol.